The number of imidazole rings is 1. The van der Waals surface area contributed by atoms with Crippen LogP contribution in [-0.2, 0) is 33.2 Å². The summed E-state index contributed by atoms with van der Waals surface area (Å²) in [5, 5.41) is 0.0419. The van der Waals surface area contributed by atoms with E-state index in [9.17, 15) is 13.2 Å². The Labute approximate surface area is 179 Å². The molecule has 0 unspecified atom stereocenters. The smallest absolute Gasteiger partial charge is 0.309 e. The topological polar surface area (TPSA) is 90.7 Å². The van der Waals surface area contributed by atoms with Gasteiger partial charge < -0.3 is 14.0 Å². The minimum absolute atomic E-state index is 0.0419. The van der Waals surface area contributed by atoms with E-state index in [1.807, 2.05) is 12.1 Å². The van der Waals surface area contributed by atoms with Gasteiger partial charge >= 0.3 is 5.97 Å². The molecule has 2 aromatic rings. The van der Waals surface area contributed by atoms with Crippen molar-refractivity contribution >= 4 is 31.9 Å². The zero-order chi connectivity index (χ0) is 21.2. The van der Waals surface area contributed by atoms with Gasteiger partial charge in [-0.15, -0.1) is 0 Å². The van der Waals surface area contributed by atoms with Crippen LogP contribution >= 0.6 is 15.9 Å². The van der Waals surface area contributed by atoms with Crippen molar-refractivity contribution in [3.63, 3.8) is 0 Å². The van der Waals surface area contributed by atoms with E-state index in [-0.39, 0.29) is 36.6 Å². The summed E-state index contributed by atoms with van der Waals surface area (Å²) >= 11 is 3.39. The van der Waals surface area contributed by atoms with Crippen molar-refractivity contribution in [3.05, 3.63) is 40.3 Å². The molecule has 0 spiro atoms. The summed E-state index contributed by atoms with van der Waals surface area (Å²) in [5.74, 6) is 0.625. The third-order valence-corrected chi connectivity index (χ3v) is 7.35. The molecule has 158 valence electrons. The maximum Gasteiger partial charge on any atom is 0.309 e. The summed E-state index contributed by atoms with van der Waals surface area (Å²) in [6.45, 7) is 2.38. The first-order valence-electron chi connectivity index (χ1n) is 9.21. The van der Waals surface area contributed by atoms with E-state index in [4.69, 9.17) is 9.47 Å². The number of rotatable bonds is 6. The predicted octanol–water partition coefficient (Wildman–Crippen LogP) is 2.64. The van der Waals surface area contributed by atoms with Crippen LogP contribution < -0.4 is 4.74 Å². The molecule has 10 heteroatoms. The molecule has 1 aliphatic rings. The lowest BCUT2D eigenvalue weighted by molar-refractivity contribution is -0.151. The van der Waals surface area contributed by atoms with Crippen molar-refractivity contribution in [2.75, 3.05) is 20.2 Å². The summed E-state index contributed by atoms with van der Waals surface area (Å²) in [5.41, 5.74) is 0.765. The van der Waals surface area contributed by atoms with Crippen molar-refractivity contribution in [3.8, 4) is 5.75 Å². The van der Waals surface area contributed by atoms with Crippen molar-refractivity contribution in [2.24, 2.45) is 13.0 Å². The van der Waals surface area contributed by atoms with E-state index in [0.717, 1.165) is 10.0 Å². The van der Waals surface area contributed by atoms with Crippen LogP contribution in [0, 0.1) is 12.8 Å². The average Bonchev–Trinajstić information content (AvgIpc) is 3.05. The molecule has 1 aromatic heterocycles. The number of sulfonamides is 1. The highest BCUT2D eigenvalue weighted by atomic mass is 79.9. The third kappa shape index (κ3) is 4.81. The van der Waals surface area contributed by atoms with Crippen LogP contribution in [0.15, 0.2) is 33.9 Å². The molecule has 1 fully saturated rings. The summed E-state index contributed by atoms with van der Waals surface area (Å²) in [6.07, 6.45) is 2.34. The summed E-state index contributed by atoms with van der Waals surface area (Å²) in [7, 11) is -0.337. The van der Waals surface area contributed by atoms with Gasteiger partial charge in [-0.1, -0.05) is 15.9 Å². The lowest BCUT2D eigenvalue weighted by Gasteiger charge is -2.29. The average molecular weight is 486 g/mol. The van der Waals surface area contributed by atoms with Crippen LogP contribution in [0.1, 0.15) is 24.2 Å². The summed E-state index contributed by atoms with van der Waals surface area (Å²) in [6, 6.07) is 5.50. The highest BCUT2D eigenvalue weighted by Gasteiger charge is 2.34. The molecular formula is C19H24BrN3O5S. The Hall–Kier alpha value is -1.91. The Balaban J connectivity index is 1.58. The number of methoxy groups -OCH3 is 1. The molecule has 1 saturated heterocycles. The monoisotopic (exact) mass is 485 g/mol. The SMILES string of the molecule is COc1ccc(Br)cc1COC(=O)C1CCN(S(=O)(=O)c2cn(C)c(C)n2)CC1. The van der Waals surface area contributed by atoms with Crippen LogP contribution in [0.3, 0.4) is 0 Å². The van der Waals surface area contributed by atoms with Gasteiger partial charge in [-0.05, 0) is 38.0 Å². The Bertz CT molecular complexity index is 978. The molecule has 0 atom stereocenters. The first-order valence-corrected chi connectivity index (χ1v) is 11.4. The molecule has 0 amide bonds. The first-order chi connectivity index (χ1) is 13.7. The molecule has 1 aliphatic heterocycles. The van der Waals surface area contributed by atoms with Crippen molar-refractivity contribution in [1.29, 1.82) is 0 Å². The van der Waals surface area contributed by atoms with E-state index >= 15 is 0 Å². The zero-order valence-corrected chi connectivity index (χ0v) is 19.0. The fourth-order valence-electron chi connectivity index (χ4n) is 3.24. The number of esters is 1. The van der Waals surface area contributed by atoms with E-state index in [2.05, 4.69) is 20.9 Å². The fraction of sp³-hybridized carbons (Fsp3) is 0.474. The van der Waals surface area contributed by atoms with Crippen LogP contribution in [0.4, 0.5) is 0 Å². The number of ether oxygens (including phenoxy) is 2. The van der Waals surface area contributed by atoms with Gasteiger partial charge in [0.05, 0.1) is 13.0 Å². The van der Waals surface area contributed by atoms with Crippen LogP contribution in [0.5, 0.6) is 5.75 Å². The number of halogens is 1. The molecular weight excluding hydrogens is 462 g/mol. The van der Waals surface area contributed by atoms with Gasteiger partial charge in [0.15, 0.2) is 5.03 Å². The second-order valence-corrected chi connectivity index (χ2v) is 9.78. The number of aromatic nitrogens is 2. The number of benzene rings is 1. The Kier molecular flexibility index (Phi) is 6.65. The number of hydrogen-bond donors (Lipinski definition) is 0. The van der Waals surface area contributed by atoms with Gasteiger partial charge in [-0.3, -0.25) is 4.79 Å². The van der Waals surface area contributed by atoms with E-state index in [1.165, 1.54) is 10.5 Å². The molecule has 8 nitrogen and oxygen atoms in total. The number of aryl methyl sites for hydroxylation is 2. The summed E-state index contributed by atoms with van der Waals surface area (Å²) in [4.78, 5) is 16.6. The van der Waals surface area contributed by atoms with E-state index < -0.39 is 10.0 Å². The van der Waals surface area contributed by atoms with Crippen molar-refractivity contribution < 1.29 is 22.7 Å². The second kappa shape index (κ2) is 8.85. The number of hydrogen-bond acceptors (Lipinski definition) is 6. The Morgan fingerprint density at radius 2 is 2.00 bits per heavy atom. The highest BCUT2D eigenvalue weighted by Crippen LogP contribution is 2.27. The van der Waals surface area contributed by atoms with Gasteiger partial charge in [0.25, 0.3) is 10.0 Å². The summed E-state index contributed by atoms with van der Waals surface area (Å²) < 4.78 is 40.2. The first kappa shape index (κ1) is 21.8. The Morgan fingerprint density at radius 1 is 1.31 bits per heavy atom. The van der Waals surface area contributed by atoms with Crippen LogP contribution in [0.2, 0.25) is 0 Å². The quantitative estimate of drug-likeness (QED) is 0.584. The predicted molar refractivity (Wildman–Crippen MR) is 110 cm³/mol. The van der Waals surface area contributed by atoms with Crippen LogP contribution in [-0.4, -0.2) is 48.4 Å². The number of nitrogens with zero attached hydrogens (tertiary/aromatic N) is 3. The van der Waals surface area contributed by atoms with Crippen molar-refractivity contribution in [1.82, 2.24) is 13.9 Å². The molecule has 2 heterocycles. The third-order valence-electron chi connectivity index (χ3n) is 5.09. The van der Waals surface area contributed by atoms with Crippen molar-refractivity contribution in [2.45, 2.75) is 31.4 Å². The molecule has 3 rings (SSSR count). The maximum absolute atomic E-state index is 12.8. The molecule has 0 bridgehead atoms. The molecule has 0 radical (unpaired) electrons. The Morgan fingerprint density at radius 3 is 2.59 bits per heavy atom. The highest BCUT2D eigenvalue weighted by molar-refractivity contribution is 9.10. The molecule has 1 aromatic carbocycles. The largest absolute Gasteiger partial charge is 0.496 e. The van der Waals surface area contributed by atoms with Gasteiger partial charge in [-0.25, -0.2) is 13.4 Å². The number of piperidine rings is 1. The molecule has 0 aliphatic carbocycles. The van der Waals surface area contributed by atoms with E-state index in [1.54, 1.807) is 31.7 Å². The number of carbonyl (C=O) groups excluding carboxylic acids is 1. The lowest BCUT2D eigenvalue weighted by atomic mass is 9.98. The van der Waals surface area contributed by atoms with E-state index in [0.29, 0.717) is 24.4 Å². The fourth-order valence-corrected chi connectivity index (χ4v) is 5.14. The normalized spacial score (nSPS) is 16.0. The van der Waals surface area contributed by atoms with Gasteiger partial charge in [0.1, 0.15) is 18.2 Å². The van der Waals surface area contributed by atoms with Gasteiger partial charge in [0, 0.05) is 36.4 Å². The molecule has 0 saturated carbocycles. The molecule has 29 heavy (non-hydrogen) atoms. The zero-order valence-electron chi connectivity index (χ0n) is 16.6. The number of carbonyl (C=O) groups is 1. The molecule has 0 N–H and O–H groups in total. The minimum atomic E-state index is -3.65. The van der Waals surface area contributed by atoms with Crippen LogP contribution in [0.25, 0.3) is 0 Å². The van der Waals surface area contributed by atoms with Gasteiger partial charge in [0.2, 0.25) is 0 Å². The standard InChI is InChI=1S/C19H24BrN3O5S/c1-13-21-18(11-22(13)2)29(25,26)23-8-6-14(7-9-23)19(24)28-12-15-10-16(20)4-5-17(15)27-3/h4-5,10-11,14H,6-9,12H2,1-3H3. The minimum Gasteiger partial charge on any atom is -0.496 e. The second-order valence-electron chi connectivity index (χ2n) is 6.98. The van der Waals surface area contributed by atoms with Gasteiger partial charge in [-0.2, -0.15) is 4.31 Å². The maximum atomic E-state index is 12.8. The lowest BCUT2D eigenvalue weighted by Crippen LogP contribution is -2.40.